The first-order valence-electron chi connectivity index (χ1n) is 4.34. The monoisotopic (exact) mass is 174 g/mol. The zero-order valence-electron chi connectivity index (χ0n) is 8.09. The number of carbonyl (C=O) groups excluding carboxylic acids is 1. The molecule has 0 aromatic heterocycles. The van der Waals surface area contributed by atoms with E-state index in [1.54, 1.807) is 4.90 Å². The summed E-state index contributed by atoms with van der Waals surface area (Å²) >= 11 is 0. The third-order valence-corrected chi connectivity index (χ3v) is 2.72. The summed E-state index contributed by atoms with van der Waals surface area (Å²) in [6.45, 7) is 3.90. The van der Waals surface area contributed by atoms with Gasteiger partial charge in [-0.15, -0.1) is 0 Å². The van der Waals surface area contributed by atoms with Gasteiger partial charge in [-0.25, -0.2) is 0 Å². The molecule has 13 heavy (non-hydrogen) atoms. The molecule has 2 heteroatoms. The van der Waals surface area contributed by atoms with Crippen molar-refractivity contribution in [3.63, 3.8) is 0 Å². The predicted molar refractivity (Wildman–Crippen MR) is 51.7 cm³/mol. The van der Waals surface area contributed by atoms with Gasteiger partial charge in [-0.2, -0.15) is 0 Å². The molecule has 0 bridgehead atoms. The highest BCUT2D eigenvalue weighted by atomic mass is 16.2. The lowest BCUT2D eigenvalue weighted by molar-refractivity contribution is -0.121. The molecule has 0 saturated carbocycles. The summed E-state index contributed by atoms with van der Waals surface area (Å²) in [5.41, 5.74) is 1.69. The molecular weight excluding hydrogens is 162 g/mol. The van der Waals surface area contributed by atoms with Gasteiger partial charge in [-0.3, -0.25) is 4.79 Å². The smallest absolute Gasteiger partial charge is 0.236 e. The zero-order chi connectivity index (χ0) is 9.64. The molecule has 0 aliphatic carbocycles. The van der Waals surface area contributed by atoms with Crippen molar-refractivity contribution >= 4 is 11.6 Å². The molecule has 0 fully saturated rings. The topological polar surface area (TPSA) is 20.3 Å². The van der Waals surface area contributed by atoms with E-state index >= 15 is 0 Å². The summed E-state index contributed by atoms with van der Waals surface area (Å²) in [7, 11) is 1.82. The van der Waals surface area contributed by atoms with Crippen LogP contribution in [0.15, 0.2) is 18.2 Å². The molecule has 0 unspecified atom stereocenters. The first-order valence-corrected chi connectivity index (χ1v) is 4.34. The van der Waals surface area contributed by atoms with Crippen LogP contribution in [0.1, 0.15) is 19.4 Å². The Balaban J connectivity index is 2.68. The van der Waals surface area contributed by atoms with Crippen molar-refractivity contribution in [2.75, 3.05) is 11.9 Å². The van der Waals surface area contributed by atoms with E-state index in [1.165, 1.54) is 0 Å². The van der Waals surface area contributed by atoms with Gasteiger partial charge < -0.3 is 4.90 Å². The van der Waals surface area contributed by atoms with Crippen molar-refractivity contribution in [3.8, 4) is 0 Å². The van der Waals surface area contributed by atoms with Gasteiger partial charge in [0.05, 0.1) is 5.41 Å². The van der Waals surface area contributed by atoms with Gasteiger partial charge in [-0.1, -0.05) is 6.07 Å². The van der Waals surface area contributed by atoms with Crippen LogP contribution >= 0.6 is 0 Å². The Labute approximate surface area is 78.2 Å². The Morgan fingerprint density at radius 1 is 1.46 bits per heavy atom. The maximum absolute atomic E-state index is 11.8. The Kier molecular flexibility index (Phi) is 1.50. The Morgan fingerprint density at radius 2 is 2.15 bits per heavy atom. The molecular formula is C11H12NO. The zero-order valence-corrected chi connectivity index (χ0v) is 8.09. The largest absolute Gasteiger partial charge is 0.314 e. The molecule has 1 aromatic rings. The van der Waals surface area contributed by atoms with Crippen LogP contribution in [0.3, 0.4) is 0 Å². The predicted octanol–water partition coefficient (Wildman–Crippen LogP) is 1.74. The molecule has 1 amide bonds. The summed E-state index contributed by atoms with van der Waals surface area (Å²) in [6, 6.07) is 8.68. The second kappa shape index (κ2) is 2.34. The number of carbonyl (C=O) groups is 1. The molecule has 0 saturated heterocycles. The van der Waals surface area contributed by atoms with E-state index < -0.39 is 0 Å². The van der Waals surface area contributed by atoms with E-state index in [4.69, 9.17) is 0 Å². The number of rotatable bonds is 0. The number of anilines is 1. The van der Waals surface area contributed by atoms with Crippen LogP contribution in [0, 0.1) is 6.07 Å². The minimum Gasteiger partial charge on any atom is -0.314 e. The van der Waals surface area contributed by atoms with E-state index in [2.05, 4.69) is 6.07 Å². The minimum absolute atomic E-state index is 0.155. The molecule has 1 heterocycles. The summed E-state index contributed by atoms with van der Waals surface area (Å²) in [4.78, 5) is 13.5. The van der Waals surface area contributed by atoms with Crippen molar-refractivity contribution in [2.45, 2.75) is 19.3 Å². The van der Waals surface area contributed by atoms with E-state index in [9.17, 15) is 4.79 Å². The Hall–Kier alpha value is -1.31. The lowest BCUT2D eigenvalue weighted by Crippen LogP contribution is -2.33. The van der Waals surface area contributed by atoms with E-state index in [-0.39, 0.29) is 11.3 Å². The molecule has 2 rings (SSSR count). The normalized spacial score (nSPS) is 19.0. The minimum atomic E-state index is -0.387. The summed E-state index contributed by atoms with van der Waals surface area (Å²) in [5.74, 6) is 0.155. The van der Waals surface area contributed by atoms with E-state index in [0.717, 1.165) is 11.3 Å². The van der Waals surface area contributed by atoms with Gasteiger partial charge in [0.15, 0.2) is 0 Å². The van der Waals surface area contributed by atoms with Crippen LogP contribution in [0.2, 0.25) is 0 Å². The number of fused-ring (bicyclic) bond motifs is 1. The first kappa shape index (κ1) is 8.30. The van der Waals surface area contributed by atoms with Gasteiger partial charge in [0.1, 0.15) is 0 Å². The summed E-state index contributed by atoms with van der Waals surface area (Å²) < 4.78 is 0. The number of amides is 1. The molecule has 0 N–H and O–H groups in total. The number of hydrogen-bond acceptors (Lipinski definition) is 1. The van der Waals surface area contributed by atoms with Crippen LogP contribution in [-0.4, -0.2) is 13.0 Å². The molecule has 0 spiro atoms. The SMILES string of the molecule is CN1C(=O)C(C)(C)c2c[c]ccc21. The summed E-state index contributed by atoms with van der Waals surface area (Å²) in [6.07, 6.45) is 0. The lowest BCUT2D eigenvalue weighted by atomic mass is 9.86. The molecule has 67 valence electrons. The van der Waals surface area contributed by atoms with E-state index in [0.29, 0.717) is 0 Å². The molecule has 1 radical (unpaired) electrons. The van der Waals surface area contributed by atoms with Gasteiger partial charge in [0.25, 0.3) is 0 Å². The fourth-order valence-electron chi connectivity index (χ4n) is 1.86. The average molecular weight is 174 g/mol. The van der Waals surface area contributed by atoms with Gasteiger partial charge in [-0.05, 0) is 37.6 Å². The van der Waals surface area contributed by atoms with E-state index in [1.807, 2.05) is 39.1 Å². The van der Waals surface area contributed by atoms with Crippen molar-refractivity contribution < 1.29 is 4.79 Å². The molecule has 1 aliphatic rings. The summed E-state index contributed by atoms with van der Waals surface area (Å²) in [5, 5.41) is 0. The quantitative estimate of drug-likeness (QED) is 0.586. The highest BCUT2D eigenvalue weighted by Gasteiger charge is 2.41. The van der Waals surface area contributed by atoms with Crippen molar-refractivity contribution in [3.05, 3.63) is 29.8 Å². The maximum atomic E-state index is 11.8. The highest BCUT2D eigenvalue weighted by molar-refractivity contribution is 6.07. The third kappa shape index (κ3) is 0.916. The standard InChI is InChI=1S/C11H12NO/c1-11(2)8-6-4-5-7-9(8)12(3)10(11)13/h5-7H,1-3H3. The fraction of sp³-hybridized carbons (Fsp3) is 0.364. The second-order valence-corrected chi connectivity index (χ2v) is 3.93. The number of nitrogens with zero attached hydrogens (tertiary/aromatic N) is 1. The molecule has 0 atom stereocenters. The Morgan fingerprint density at radius 3 is 2.77 bits per heavy atom. The van der Waals surface area contributed by atoms with Crippen molar-refractivity contribution in [1.29, 1.82) is 0 Å². The second-order valence-electron chi connectivity index (χ2n) is 3.93. The number of benzene rings is 1. The molecule has 1 aliphatic heterocycles. The van der Waals surface area contributed by atoms with Crippen molar-refractivity contribution in [1.82, 2.24) is 0 Å². The highest BCUT2D eigenvalue weighted by Crippen LogP contribution is 2.39. The van der Waals surface area contributed by atoms with Crippen LogP contribution in [-0.2, 0) is 10.2 Å². The van der Waals surface area contributed by atoms with Gasteiger partial charge >= 0.3 is 0 Å². The fourth-order valence-corrected chi connectivity index (χ4v) is 1.86. The van der Waals surface area contributed by atoms with Crippen LogP contribution in [0.25, 0.3) is 0 Å². The molecule has 1 aromatic carbocycles. The van der Waals surface area contributed by atoms with Crippen LogP contribution in [0.4, 0.5) is 5.69 Å². The number of hydrogen-bond donors (Lipinski definition) is 0. The molecule has 2 nitrogen and oxygen atoms in total. The van der Waals surface area contributed by atoms with Crippen LogP contribution in [0.5, 0.6) is 0 Å². The average Bonchev–Trinajstić information content (AvgIpc) is 2.30. The van der Waals surface area contributed by atoms with Crippen molar-refractivity contribution in [2.24, 2.45) is 0 Å². The Bertz CT molecular complexity index is 368. The van der Waals surface area contributed by atoms with Gasteiger partial charge in [0, 0.05) is 12.7 Å². The first-order chi connectivity index (χ1) is 6.05. The van der Waals surface area contributed by atoms with Gasteiger partial charge in [0.2, 0.25) is 5.91 Å². The maximum Gasteiger partial charge on any atom is 0.236 e. The van der Waals surface area contributed by atoms with Crippen LogP contribution < -0.4 is 4.90 Å². The third-order valence-electron chi connectivity index (χ3n) is 2.72. The lowest BCUT2D eigenvalue weighted by Gasteiger charge is -2.16. The number of likely N-dealkylation sites (N-methyl/N-ethyl adjacent to an activating group) is 1.